The number of carbonyl (C=O) groups is 1. The van der Waals surface area contributed by atoms with E-state index in [0.29, 0.717) is 35.8 Å². The molecule has 6 heteroatoms. The second-order valence-electron chi connectivity index (χ2n) is 6.01. The molecule has 1 heterocycles. The van der Waals surface area contributed by atoms with E-state index in [1.807, 2.05) is 24.3 Å². The molecule has 0 atom stereocenters. The molecule has 0 aliphatic carbocycles. The summed E-state index contributed by atoms with van der Waals surface area (Å²) < 4.78 is 13.6. The van der Waals surface area contributed by atoms with Crippen molar-refractivity contribution in [2.24, 2.45) is 0 Å². The van der Waals surface area contributed by atoms with Crippen molar-refractivity contribution in [3.05, 3.63) is 94.5 Å². The Balaban J connectivity index is 1.53. The van der Waals surface area contributed by atoms with Crippen molar-refractivity contribution >= 4 is 23.2 Å². The fraction of sp³-hybridized carbons (Fsp3) is 0.143. The van der Waals surface area contributed by atoms with Crippen molar-refractivity contribution in [3.8, 4) is 0 Å². The highest BCUT2D eigenvalue weighted by Gasteiger charge is 2.08. The summed E-state index contributed by atoms with van der Waals surface area (Å²) in [4.78, 5) is 16.4. The van der Waals surface area contributed by atoms with Gasteiger partial charge >= 0.3 is 0 Å². The maximum Gasteiger partial charge on any atom is 0.269 e. The minimum absolute atomic E-state index is 0.265. The van der Waals surface area contributed by atoms with Crippen LogP contribution in [0.5, 0.6) is 0 Å². The van der Waals surface area contributed by atoms with E-state index in [4.69, 9.17) is 11.6 Å². The molecule has 3 aromatic rings. The zero-order valence-corrected chi connectivity index (χ0v) is 15.3. The first-order valence-corrected chi connectivity index (χ1v) is 8.95. The van der Waals surface area contributed by atoms with E-state index in [1.165, 1.54) is 6.07 Å². The molecule has 1 aromatic heterocycles. The molecule has 3 rings (SSSR count). The van der Waals surface area contributed by atoms with Crippen molar-refractivity contribution in [1.82, 2.24) is 10.3 Å². The van der Waals surface area contributed by atoms with Crippen molar-refractivity contribution < 1.29 is 9.18 Å². The molecule has 1 amide bonds. The molecule has 0 aliphatic rings. The number of nitrogens with one attached hydrogen (secondary N) is 2. The molecule has 0 aliphatic heterocycles. The van der Waals surface area contributed by atoms with Gasteiger partial charge in [-0.15, -0.1) is 0 Å². The number of hydrogen-bond donors (Lipinski definition) is 2. The third-order valence-corrected chi connectivity index (χ3v) is 4.29. The number of halogens is 2. The standard InChI is InChI=1S/C21H19ClFN3O/c22-17-7-5-15(6-8-17)14-26-18-10-12-24-20(13-18)21(27)25-11-9-16-3-1-2-4-19(16)23/h1-8,10,12-13H,9,11,14H2,(H,24,26)(H,25,27). The van der Waals surface area contributed by atoms with Gasteiger partial charge in [-0.05, 0) is 47.9 Å². The van der Waals surface area contributed by atoms with Crippen molar-refractivity contribution in [2.45, 2.75) is 13.0 Å². The average molecular weight is 384 g/mol. The molecule has 138 valence electrons. The van der Waals surface area contributed by atoms with Gasteiger partial charge in [-0.3, -0.25) is 9.78 Å². The Bertz CT molecular complexity index is 915. The van der Waals surface area contributed by atoms with Crippen LogP contribution in [0.4, 0.5) is 10.1 Å². The number of benzene rings is 2. The zero-order chi connectivity index (χ0) is 19.1. The van der Waals surface area contributed by atoms with Gasteiger partial charge in [0, 0.05) is 30.0 Å². The molecule has 4 nitrogen and oxygen atoms in total. The van der Waals surface area contributed by atoms with E-state index in [1.54, 1.807) is 36.5 Å². The van der Waals surface area contributed by atoms with Gasteiger partial charge in [-0.1, -0.05) is 41.9 Å². The molecule has 0 saturated carbocycles. The van der Waals surface area contributed by atoms with E-state index in [2.05, 4.69) is 15.6 Å². The Labute approximate surface area is 162 Å². The summed E-state index contributed by atoms with van der Waals surface area (Å²) >= 11 is 5.88. The fourth-order valence-corrected chi connectivity index (χ4v) is 2.70. The van der Waals surface area contributed by atoms with Gasteiger partial charge in [0.2, 0.25) is 0 Å². The Morgan fingerprint density at radius 2 is 1.85 bits per heavy atom. The third kappa shape index (κ3) is 5.53. The van der Waals surface area contributed by atoms with Crippen LogP contribution in [0.3, 0.4) is 0 Å². The predicted molar refractivity (Wildman–Crippen MR) is 105 cm³/mol. The lowest BCUT2D eigenvalue weighted by atomic mass is 10.1. The first-order valence-electron chi connectivity index (χ1n) is 8.58. The van der Waals surface area contributed by atoms with Crippen molar-refractivity contribution in [3.63, 3.8) is 0 Å². The maximum atomic E-state index is 13.6. The Morgan fingerprint density at radius 3 is 2.63 bits per heavy atom. The molecular formula is C21H19ClFN3O. The topological polar surface area (TPSA) is 54.0 Å². The summed E-state index contributed by atoms with van der Waals surface area (Å²) in [6, 6.07) is 17.6. The minimum atomic E-state index is -0.290. The lowest BCUT2D eigenvalue weighted by Gasteiger charge is -2.09. The minimum Gasteiger partial charge on any atom is -0.381 e. The second kappa shape index (κ2) is 9.14. The van der Waals surface area contributed by atoms with Crippen LogP contribution in [0.2, 0.25) is 5.02 Å². The number of aromatic nitrogens is 1. The number of amides is 1. The summed E-state index contributed by atoms with van der Waals surface area (Å²) in [5.41, 5.74) is 2.75. The number of nitrogens with zero attached hydrogens (tertiary/aromatic N) is 1. The monoisotopic (exact) mass is 383 g/mol. The summed E-state index contributed by atoms with van der Waals surface area (Å²) in [5, 5.41) is 6.72. The molecule has 0 unspecified atom stereocenters. The lowest BCUT2D eigenvalue weighted by Crippen LogP contribution is -2.26. The summed E-state index contributed by atoms with van der Waals surface area (Å²) in [7, 11) is 0. The van der Waals surface area contributed by atoms with Gasteiger partial charge in [0.25, 0.3) is 5.91 Å². The van der Waals surface area contributed by atoms with Gasteiger partial charge in [0.05, 0.1) is 0 Å². The summed E-state index contributed by atoms with van der Waals surface area (Å²) in [6.45, 7) is 0.944. The smallest absolute Gasteiger partial charge is 0.269 e. The van der Waals surface area contributed by atoms with Crippen LogP contribution in [-0.2, 0) is 13.0 Å². The summed E-state index contributed by atoms with van der Waals surface area (Å²) in [6.07, 6.45) is 2.00. The van der Waals surface area contributed by atoms with E-state index in [0.717, 1.165) is 11.3 Å². The van der Waals surface area contributed by atoms with Gasteiger partial charge in [-0.25, -0.2) is 4.39 Å². The molecule has 2 N–H and O–H groups in total. The maximum absolute atomic E-state index is 13.6. The highest BCUT2D eigenvalue weighted by molar-refractivity contribution is 6.30. The average Bonchev–Trinajstić information content (AvgIpc) is 2.69. The normalized spacial score (nSPS) is 10.4. The van der Waals surface area contributed by atoms with Crippen molar-refractivity contribution in [2.75, 3.05) is 11.9 Å². The predicted octanol–water partition coefficient (Wildman–Crippen LogP) is 4.46. The van der Waals surface area contributed by atoms with E-state index in [9.17, 15) is 9.18 Å². The van der Waals surface area contributed by atoms with Crippen LogP contribution in [0, 0.1) is 5.82 Å². The first kappa shape index (κ1) is 18.9. The number of hydrogen-bond acceptors (Lipinski definition) is 3. The Hall–Kier alpha value is -2.92. The van der Waals surface area contributed by atoms with Crippen LogP contribution < -0.4 is 10.6 Å². The zero-order valence-electron chi connectivity index (χ0n) is 14.6. The number of carbonyl (C=O) groups excluding carboxylic acids is 1. The van der Waals surface area contributed by atoms with Crippen LogP contribution in [0.15, 0.2) is 66.9 Å². The summed E-state index contributed by atoms with van der Waals surface area (Å²) in [5.74, 6) is -0.556. The van der Waals surface area contributed by atoms with Gasteiger partial charge in [0.1, 0.15) is 11.5 Å². The second-order valence-corrected chi connectivity index (χ2v) is 6.44. The molecule has 0 fully saturated rings. The van der Waals surface area contributed by atoms with Crippen LogP contribution in [-0.4, -0.2) is 17.4 Å². The number of pyridine rings is 1. The van der Waals surface area contributed by atoms with E-state index < -0.39 is 0 Å². The molecule has 27 heavy (non-hydrogen) atoms. The van der Waals surface area contributed by atoms with Gasteiger partial charge in [-0.2, -0.15) is 0 Å². The van der Waals surface area contributed by atoms with Crippen LogP contribution in [0.1, 0.15) is 21.6 Å². The lowest BCUT2D eigenvalue weighted by molar-refractivity contribution is 0.0949. The van der Waals surface area contributed by atoms with Gasteiger partial charge in [0.15, 0.2) is 0 Å². The molecule has 0 spiro atoms. The third-order valence-electron chi connectivity index (χ3n) is 4.04. The quantitative estimate of drug-likeness (QED) is 0.633. The van der Waals surface area contributed by atoms with Gasteiger partial charge < -0.3 is 10.6 Å². The van der Waals surface area contributed by atoms with E-state index >= 15 is 0 Å². The van der Waals surface area contributed by atoms with Crippen LogP contribution >= 0.6 is 11.6 Å². The number of anilines is 1. The molecule has 0 saturated heterocycles. The van der Waals surface area contributed by atoms with Crippen molar-refractivity contribution in [1.29, 1.82) is 0 Å². The first-order chi connectivity index (χ1) is 13.1. The fourth-order valence-electron chi connectivity index (χ4n) is 2.57. The SMILES string of the molecule is O=C(NCCc1ccccc1F)c1cc(NCc2ccc(Cl)cc2)ccn1. The highest BCUT2D eigenvalue weighted by Crippen LogP contribution is 2.13. The Morgan fingerprint density at radius 1 is 1.07 bits per heavy atom. The molecule has 0 radical (unpaired) electrons. The van der Waals surface area contributed by atoms with Crippen LogP contribution in [0.25, 0.3) is 0 Å². The van der Waals surface area contributed by atoms with E-state index in [-0.39, 0.29) is 11.7 Å². The largest absolute Gasteiger partial charge is 0.381 e. The molecule has 2 aromatic carbocycles. The molecular weight excluding hydrogens is 365 g/mol. The highest BCUT2D eigenvalue weighted by atomic mass is 35.5. The Kier molecular flexibility index (Phi) is 6.39. The molecule has 0 bridgehead atoms. The number of rotatable bonds is 7.